The Balaban J connectivity index is 1.80. The molecule has 1 aliphatic rings. The van der Waals surface area contributed by atoms with Gasteiger partial charge in [0.1, 0.15) is 0 Å². The first-order valence-corrected chi connectivity index (χ1v) is 9.64. The molecule has 3 rings (SSSR count). The number of rotatable bonds is 4. The van der Waals surface area contributed by atoms with Crippen molar-refractivity contribution >= 4 is 38.5 Å². The predicted octanol–water partition coefficient (Wildman–Crippen LogP) is 6.02. The molecule has 1 aliphatic carbocycles. The molecule has 0 N–H and O–H groups in total. The molecule has 0 aliphatic heterocycles. The highest BCUT2D eigenvalue weighted by atomic mass is 127. The highest BCUT2D eigenvalue weighted by Gasteiger charge is 2.24. The van der Waals surface area contributed by atoms with Crippen LogP contribution < -0.4 is 0 Å². The largest absolute Gasteiger partial charge is 0.365 e. The van der Waals surface area contributed by atoms with Crippen molar-refractivity contribution in [3.8, 4) is 0 Å². The van der Waals surface area contributed by atoms with Crippen LogP contribution in [0.15, 0.2) is 53.0 Å². The van der Waals surface area contributed by atoms with Crippen molar-refractivity contribution < 1.29 is 4.74 Å². The lowest BCUT2D eigenvalue weighted by Gasteiger charge is -2.29. The van der Waals surface area contributed by atoms with Crippen LogP contribution in [0.5, 0.6) is 0 Å². The van der Waals surface area contributed by atoms with E-state index in [1.807, 2.05) is 0 Å². The lowest BCUT2D eigenvalue weighted by atomic mass is 9.89. The molecule has 2 aromatic rings. The first-order chi connectivity index (χ1) is 10.3. The van der Waals surface area contributed by atoms with Gasteiger partial charge < -0.3 is 4.74 Å². The van der Waals surface area contributed by atoms with Crippen LogP contribution in [0.2, 0.25) is 0 Å². The number of benzene rings is 2. The molecule has 0 radical (unpaired) electrons. The second kappa shape index (κ2) is 7.25. The Morgan fingerprint density at radius 2 is 1.90 bits per heavy atom. The summed E-state index contributed by atoms with van der Waals surface area (Å²) in [5.74, 6) is 0. The van der Waals surface area contributed by atoms with Crippen LogP contribution in [-0.4, -0.2) is 4.43 Å². The molecule has 1 nitrogen and oxygen atoms in total. The molecule has 0 aromatic heterocycles. The van der Waals surface area contributed by atoms with Crippen molar-refractivity contribution in [3.05, 3.63) is 69.7 Å². The van der Waals surface area contributed by atoms with Crippen molar-refractivity contribution in [2.24, 2.45) is 0 Å². The first-order valence-electron chi connectivity index (χ1n) is 7.32. The highest BCUT2D eigenvalue weighted by Crippen LogP contribution is 2.37. The Morgan fingerprint density at radius 3 is 2.67 bits per heavy atom. The van der Waals surface area contributed by atoms with Gasteiger partial charge in [-0.2, -0.15) is 0 Å². The topological polar surface area (TPSA) is 9.23 Å². The zero-order valence-corrected chi connectivity index (χ0v) is 15.5. The lowest BCUT2D eigenvalue weighted by molar-refractivity contribution is -0.0101. The Hall–Kier alpha value is -0.390. The molecule has 2 atom stereocenters. The van der Waals surface area contributed by atoms with Gasteiger partial charge in [0, 0.05) is 8.90 Å². The fourth-order valence-electron chi connectivity index (χ4n) is 2.93. The van der Waals surface area contributed by atoms with Crippen molar-refractivity contribution in [2.45, 2.75) is 31.5 Å². The Bertz CT molecular complexity index is 596. The number of halogens is 2. The third-order valence-electron chi connectivity index (χ3n) is 4.02. The van der Waals surface area contributed by atoms with Crippen LogP contribution in [0.4, 0.5) is 0 Å². The van der Waals surface area contributed by atoms with E-state index in [-0.39, 0.29) is 12.2 Å². The molecule has 3 heteroatoms. The summed E-state index contributed by atoms with van der Waals surface area (Å²) in [5, 5.41) is 0. The summed E-state index contributed by atoms with van der Waals surface area (Å²) in [6.45, 7) is 0. The van der Waals surface area contributed by atoms with Crippen molar-refractivity contribution in [1.82, 2.24) is 0 Å². The van der Waals surface area contributed by atoms with E-state index in [1.54, 1.807) is 0 Å². The molecular weight excluding hydrogens is 439 g/mol. The van der Waals surface area contributed by atoms with E-state index in [4.69, 9.17) is 4.74 Å². The van der Waals surface area contributed by atoms with E-state index in [2.05, 4.69) is 87.1 Å². The van der Waals surface area contributed by atoms with E-state index in [1.165, 1.54) is 29.5 Å². The summed E-state index contributed by atoms with van der Waals surface area (Å²) in [6, 6.07) is 17.2. The zero-order chi connectivity index (χ0) is 14.7. The van der Waals surface area contributed by atoms with E-state index in [9.17, 15) is 0 Å². The molecule has 2 aromatic carbocycles. The molecule has 0 fully saturated rings. The fourth-order valence-corrected chi connectivity index (χ4v) is 3.91. The minimum atomic E-state index is 0.162. The maximum absolute atomic E-state index is 6.47. The van der Waals surface area contributed by atoms with Gasteiger partial charge in [0.15, 0.2) is 0 Å². The van der Waals surface area contributed by atoms with Gasteiger partial charge in [0.2, 0.25) is 0 Å². The minimum Gasteiger partial charge on any atom is -0.365 e. The van der Waals surface area contributed by atoms with E-state index in [0.717, 1.165) is 15.3 Å². The zero-order valence-electron chi connectivity index (χ0n) is 11.8. The first kappa shape index (κ1) is 15.5. The molecule has 0 heterocycles. The molecule has 0 saturated carbocycles. The molecule has 0 amide bonds. The van der Waals surface area contributed by atoms with Gasteiger partial charge >= 0.3 is 0 Å². The number of hydrogen-bond acceptors (Lipinski definition) is 1. The van der Waals surface area contributed by atoms with Crippen LogP contribution in [0, 0.1) is 0 Å². The minimum absolute atomic E-state index is 0.162. The maximum atomic E-state index is 6.47. The van der Waals surface area contributed by atoms with Gasteiger partial charge in [-0.05, 0) is 48.1 Å². The summed E-state index contributed by atoms with van der Waals surface area (Å²) in [6.07, 6.45) is 3.92. The quantitative estimate of drug-likeness (QED) is 0.403. The monoisotopic (exact) mass is 456 g/mol. The fraction of sp³-hybridized carbons (Fsp3) is 0.333. The third kappa shape index (κ3) is 3.69. The molecule has 21 heavy (non-hydrogen) atoms. The average molecular weight is 457 g/mol. The SMILES string of the molecule is Brc1ccc(C(CI)OC2CCCc3ccccc32)cc1. The molecular formula is C18H18BrIO. The smallest absolute Gasteiger partial charge is 0.0922 e. The maximum Gasteiger partial charge on any atom is 0.0922 e. The summed E-state index contributed by atoms with van der Waals surface area (Å²) in [5.41, 5.74) is 4.10. The second-order valence-electron chi connectivity index (χ2n) is 5.41. The van der Waals surface area contributed by atoms with E-state index >= 15 is 0 Å². The molecule has 0 spiro atoms. The van der Waals surface area contributed by atoms with Crippen LogP contribution in [0.1, 0.15) is 41.7 Å². The van der Waals surface area contributed by atoms with Gasteiger partial charge in [-0.25, -0.2) is 0 Å². The van der Waals surface area contributed by atoms with Gasteiger partial charge in [0.25, 0.3) is 0 Å². The number of aryl methyl sites for hydroxylation is 1. The van der Waals surface area contributed by atoms with Crippen LogP contribution in [0.3, 0.4) is 0 Å². The Labute approximate surface area is 148 Å². The van der Waals surface area contributed by atoms with Gasteiger partial charge in [-0.1, -0.05) is 74.9 Å². The Kier molecular flexibility index (Phi) is 5.35. The van der Waals surface area contributed by atoms with E-state index < -0.39 is 0 Å². The molecule has 110 valence electrons. The normalized spacial score (nSPS) is 19.0. The number of alkyl halides is 1. The van der Waals surface area contributed by atoms with Crippen LogP contribution >= 0.6 is 38.5 Å². The van der Waals surface area contributed by atoms with Gasteiger partial charge in [-0.15, -0.1) is 0 Å². The van der Waals surface area contributed by atoms with Gasteiger partial charge in [-0.3, -0.25) is 0 Å². The summed E-state index contributed by atoms with van der Waals surface area (Å²) in [7, 11) is 0. The lowest BCUT2D eigenvalue weighted by Crippen LogP contribution is -2.16. The summed E-state index contributed by atoms with van der Waals surface area (Å²) < 4.78 is 8.55. The van der Waals surface area contributed by atoms with Crippen LogP contribution in [-0.2, 0) is 11.2 Å². The number of hydrogen-bond donors (Lipinski definition) is 0. The third-order valence-corrected chi connectivity index (χ3v) is 5.35. The van der Waals surface area contributed by atoms with E-state index in [0.29, 0.717) is 0 Å². The van der Waals surface area contributed by atoms with Gasteiger partial charge in [0.05, 0.1) is 12.2 Å². The van der Waals surface area contributed by atoms with Crippen molar-refractivity contribution in [2.75, 3.05) is 4.43 Å². The molecule has 0 saturated heterocycles. The Morgan fingerprint density at radius 1 is 1.14 bits per heavy atom. The predicted molar refractivity (Wildman–Crippen MR) is 99.0 cm³/mol. The number of fused-ring (bicyclic) bond motifs is 1. The summed E-state index contributed by atoms with van der Waals surface area (Å²) in [4.78, 5) is 0. The highest BCUT2D eigenvalue weighted by molar-refractivity contribution is 14.1. The standard InChI is InChI=1S/C18H18BrIO/c19-15-10-8-14(9-11-15)18(12-20)21-17-7-3-5-13-4-1-2-6-16(13)17/h1-2,4,6,8-11,17-18H,3,5,7,12H2. The summed E-state index contributed by atoms with van der Waals surface area (Å²) >= 11 is 5.91. The van der Waals surface area contributed by atoms with Crippen molar-refractivity contribution in [1.29, 1.82) is 0 Å². The molecule has 2 unspecified atom stereocenters. The molecule has 0 bridgehead atoms. The average Bonchev–Trinajstić information content (AvgIpc) is 2.54. The second-order valence-corrected chi connectivity index (χ2v) is 7.21. The van der Waals surface area contributed by atoms with Crippen LogP contribution in [0.25, 0.3) is 0 Å². The van der Waals surface area contributed by atoms with Crippen molar-refractivity contribution in [3.63, 3.8) is 0 Å². The number of ether oxygens (including phenoxy) is 1.